The first-order chi connectivity index (χ1) is 20.7. The topological polar surface area (TPSA) is 76.9 Å². The standard InChI is InChI=1S/C33H30Cl2N4O4/c1-17(2)38-30-27(36-31(38)23-15-19(6-10-25(23)42-4)32(40)37-11-13-43-14-12-37)33(41)39-28-18(3)5-9-24(35)26(28)22-16-20(34)7-8-21(22)29(30)39/h5-10,15-17,29H,11-14H2,1-4H3. The Morgan fingerprint density at radius 3 is 2.53 bits per heavy atom. The quantitative estimate of drug-likeness (QED) is 0.248. The average Bonchev–Trinajstić information content (AvgIpc) is 3.53. The molecule has 0 saturated carbocycles. The Bertz CT molecular complexity index is 1830. The molecular formula is C33H30Cl2N4O4. The summed E-state index contributed by atoms with van der Waals surface area (Å²) in [5, 5.41) is 1.14. The van der Waals surface area contributed by atoms with E-state index < -0.39 is 6.04 Å². The van der Waals surface area contributed by atoms with E-state index in [0.717, 1.165) is 33.6 Å². The third-order valence-electron chi connectivity index (χ3n) is 8.54. The highest BCUT2D eigenvalue weighted by molar-refractivity contribution is 6.35. The van der Waals surface area contributed by atoms with Gasteiger partial charge in [-0.2, -0.15) is 0 Å². The Kier molecular flexibility index (Phi) is 6.76. The smallest absolute Gasteiger partial charge is 0.279 e. The van der Waals surface area contributed by atoms with Crippen molar-refractivity contribution in [2.45, 2.75) is 32.9 Å². The number of carbonyl (C=O) groups excluding carboxylic acids is 2. The first-order valence-corrected chi connectivity index (χ1v) is 15.1. The van der Waals surface area contributed by atoms with Crippen LogP contribution >= 0.6 is 23.2 Å². The molecule has 0 N–H and O–H groups in total. The summed E-state index contributed by atoms with van der Waals surface area (Å²) in [7, 11) is 1.59. The Morgan fingerprint density at radius 2 is 1.81 bits per heavy atom. The number of aromatic nitrogens is 2. The van der Waals surface area contributed by atoms with Crippen molar-refractivity contribution in [1.82, 2.24) is 14.5 Å². The lowest BCUT2D eigenvalue weighted by Gasteiger charge is -2.37. The molecule has 1 atom stereocenters. The van der Waals surface area contributed by atoms with Crippen LogP contribution in [0.4, 0.5) is 5.69 Å². The SMILES string of the molecule is COc1ccc(C(=O)N2CCOCC2)cc1-c1nc2c(n1C(C)C)C1c3ccc(Cl)cc3-c3c(Cl)ccc(C)c3N1C2=O. The van der Waals surface area contributed by atoms with Gasteiger partial charge in [0.05, 0.1) is 42.3 Å². The maximum atomic E-state index is 14.4. The molecule has 1 fully saturated rings. The lowest BCUT2D eigenvalue weighted by atomic mass is 9.86. The highest BCUT2D eigenvalue weighted by Gasteiger charge is 2.49. The third kappa shape index (κ3) is 4.18. The summed E-state index contributed by atoms with van der Waals surface area (Å²) in [5.74, 6) is 0.863. The van der Waals surface area contributed by atoms with Gasteiger partial charge in [0.2, 0.25) is 0 Å². The molecular weight excluding hydrogens is 587 g/mol. The Hall–Kier alpha value is -3.85. The van der Waals surface area contributed by atoms with Crippen molar-refractivity contribution in [2.24, 2.45) is 0 Å². The fraction of sp³-hybridized carbons (Fsp3) is 0.303. The van der Waals surface area contributed by atoms with Crippen molar-refractivity contribution in [3.8, 4) is 28.3 Å². The van der Waals surface area contributed by atoms with Crippen LogP contribution in [-0.4, -0.2) is 59.7 Å². The van der Waals surface area contributed by atoms with Gasteiger partial charge in [-0.1, -0.05) is 35.3 Å². The van der Waals surface area contributed by atoms with E-state index in [4.69, 9.17) is 37.7 Å². The molecule has 8 nitrogen and oxygen atoms in total. The minimum Gasteiger partial charge on any atom is -0.496 e. The number of carbonyl (C=O) groups is 2. The monoisotopic (exact) mass is 616 g/mol. The minimum atomic E-state index is -0.438. The normalized spacial score (nSPS) is 17.1. The molecule has 4 aromatic rings. The molecule has 0 aliphatic carbocycles. The molecule has 1 saturated heterocycles. The molecule has 2 amide bonds. The zero-order valence-electron chi connectivity index (χ0n) is 24.3. The van der Waals surface area contributed by atoms with Crippen molar-refractivity contribution in [1.29, 1.82) is 0 Å². The highest BCUT2D eigenvalue weighted by Crippen LogP contribution is 2.56. The lowest BCUT2D eigenvalue weighted by Crippen LogP contribution is -2.40. The van der Waals surface area contributed by atoms with Gasteiger partial charge in [-0.3, -0.25) is 14.5 Å². The summed E-state index contributed by atoms with van der Waals surface area (Å²) < 4.78 is 13.3. The van der Waals surface area contributed by atoms with Crippen LogP contribution in [-0.2, 0) is 4.74 Å². The van der Waals surface area contributed by atoms with Crippen LogP contribution in [0, 0.1) is 6.92 Å². The maximum Gasteiger partial charge on any atom is 0.279 e. The third-order valence-corrected chi connectivity index (χ3v) is 9.09. The van der Waals surface area contributed by atoms with E-state index in [2.05, 4.69) is 18.4 Å². The van der Waals surface area contributed by atoms with E-state index in [-0.39, 0.29) is 17.9 Å². The van der Waals surface area contributed by atoms with E-state index >= 15 is 0 Å². The number of halogens is 2. The summed E-state index contributed by atoms with van der Waals surface area (Å²) in [6.45, 7) is 8.21. The number of amides is 2. The van der Waals surface area contributed by atoms with Crippen molar-refractivity contribution in [2.75, 3.05) is 38.3 Å². The summed E-state index contributed by atoms with van der Waals surface area (Å²) in [4.78, 5) is 36.4. The second-order valence-electron chi connectivity index (χ2n) is 11.3. The molecule has 3 aliphatic heterocycles. The van der Waals surface area contributed by atoms with Gasteiger partial charge in [-0.25, -0.2) is 4.98 Å². The largest absolute Gasteiger partial charge is 0.496 e. The number of hydrogen-bond donors (Lipinski definition) is 0. The maximum absolute atomic E-state index is 14.4. The van der Waals surface area contributed by atoms with Crippen LogP contribution < -0.4 is 9.64 Å². The van der Waals surface area contributed by atoms with Crippen molar-refractivity contribution in [3.63, 3.8) is 0 Å². The molecule has 220 valence electrons. The fourth-order valence-electron chi connectivity index (χ4n) is 6.63. The number of nitrogens with zero attached hydrogens (tertiary/aromatic N) is 4. The number of benzene rings is 3. The van der Waals surface area contributed by atoms with Gasteiger partial charge < -0.3 is 18.9 Å². The van der Waals surface area contributed by atoms with E-state index in [1.165, 1.54) is 0 Å². The number of hydrogen-bond acceptors (Lipinski definition) is 5. The average molecular weight is 618 g/mol. The van der Waals surface area contributed by atoms with Crippen molar-refractivity contribution < 1.29 is 19.1 Å². The second kappa shape index (κ2) is 10.4. The second-order valence-corrected chi connectivity index (χ2v) is 12.2. The first kappa shape index (κ1) is 28.0. The van der Waals surface area contributed by atoms with Gasteiger partial charge in [0.1, 0.15) is 17.6 Å². The van der Waals surface area contributed by atoms with Gasteiger partial charge in [-0.15, -0.1) is 0 Å². The summed E-state index contributed by atoms with van der Waals surface area (Å²) in [5.41, 5.74) is 6.64. The number of imidazole rings is 1. The number of anilines is 1. The zero-order chi connectivity index (χ0) is 30.2. The van der Waals surface area contributed by atoms with Gasteiger partial charge in [-0.05, 0) is 73.9 Å². The summed E-state index contributed by atoms with van der Waals surface area (Å²) in [6.07, 6.45) is 0. The van der Waals surface area contributed by atoms with Gasteiger partial charge in [0.15, 0.2) is 5.69 Å². The Balaban J connectivity index is 1.44. The van der Waals surface area contributed by atoms with E-state index in [9.17, 15) is 9.59 Å². The molecule has 0 bridgehead atoms. The Labute approximate surface area is 259 Å². The van der Waals surface area contributed by atoms with Gasteiger partial charge in [0, 0.05) is 35.3 Å². The van der Waals surface area contributed by atoms with Crippen LogP contribution in [0.2, 0.25) is 10.0 Å². The molecule has 43 heavy (non-hydrogen) atoms. The lowest BCUT2D eigenvalue weighted by molar-refractivity contribution is 0.0303. The number of aryl methyl sites for hydroxylation is 1. The van der Waals surface area contributed by atoms with Gasteiger partial charge >= 0.3 is 0 Å². The van der Waals surface area contributed by atoms with Crippen molar-refractivity contribution in [3.05, 3.63) is 86.7 Å². The number of rotatable bonds is 4. The number of morpholine rings is 1. The minimum absolute atomic E-state index is 0.0695. The van der Waals surface area contributed by atoms with E-state index in [0.29, 0.717) is 64.7 Å². The molecule has 3 aromatic carbocycles. The highest BCUT2D eigenvalue weighted by atomic mass is 35.5. The summed E-state index contributed by atoms with van der Waals surface area (Å²) in [6, 6.07) is 14.4. The number of ether oxygens (including phenoxy) is 2. The predicted octanol–water partition coefficient (Wildman–Crippen LogP) is 6.96. The molecule has 3 aliphatic rings. The number of fused-ring (bicyclic) bond motifs is 8. The first-order valence-electron chi connectivity index (χ1n) is 14.3. The van der Waals surface area contributed by atoms with Crippen LogP contribution in [0.25, 0.3) is 22.5 Å². The molecule has 0 spiro atoms. The molecule has 1 unspecified atom stereocenters. The van der Waals surface area contributed by atoms with E-state index in [1.54, 1.807) is 24.1 Å². The van der Waals surface area contributed by atoms with Gasteiger partial charge in [0.25, 0.3) is 11.8 Å². The fourth-order valence-corrected chi connectivity index (χ4v) is 7.06. The molecule has 1 aromatic heterocycles. The molecule has 0 radical (unpaired) electrons. The molecule has 4 heterocycles. The molecule has 10 heteroatoms. The van der Waals surface area contributed by atoms with Crippen molar-refractivity contribution >= 4 is 40.7 Å². The van der Waals surface area contributed by atoms with Crippen LogP contribution in [0.5, 0.6) is 5.75 Å². The van der Waals surface area contributed by atoms with Crippen LogP contribution in [0.15, 0.2) is 48.5 Å². The summed E-state index contributed by atoms with van der Waals surface area (Å²) >= 11 is 13.3. The van der Waals surface area contributed by atoms with Crippen LogP contribution in [0.1, 0.15) is 63.6 Å². The zero-order valence-corrected chi connectivity index (χ0v) is 25.8. The van der Waals surface area contributed by atoms with E-state index in [1.807, 2.05) is 48.2 Å². The number of methoxy groups -OCH3 is 1. The Morgan fingerprint density at radius 1 is 1.05 bits per heavy atom. The molecule has 7 rings (SSSR count). The van der Waals surface area contributed by atoms with Crippen LogP contribution in [0.3, 0.4) is 0 Å². The predicted molar refractivity (Wildman–Crippen MR) is 167 cm³/mol.